The Morgan fingerprint density at radius 1 is 1.02 bits per heavy atom. The number of benzene rings is 2. The third kappa shape index (κ3) is 8.62. The highest BCUT2D eigenvalue weighted by Crippen LogP contribution is 2.30. The van der Waals surface area contributed by atoms with E-state index in [9.17, 15) is 19.2 Å². The predicted octanol–water partition coefficient (Wildman–Crippen LogP) is 1.67. The maximum absolute atomic E-state index is 13.9. The molecule has 11 nitrogen and oxygen atoms in total. The first-order valence-electron chi connectivity index (χ1n) is 15.5. The van der Waals surface area contributed by atoms with Gasteiger partial charge in [-0.1, -0.05) is 24.3 Å². The molecule has 2 aromatic carbocycles. The second kappa shape index (κ2) is 14.4. The van der Waals surface area contributed by atoms with Gasteiger partial charge < -0.3 is 24.8 Å². The zero-order chi connectivity index (χ0) is 32.0. The van der Waals surface area contributed by atoms with Crippen LogP contribution in [0.3, 0.4) is 0 Å². The number of hydrogen-bond acceptors (Lipinski definition) is 9. The smallest absolute Gasteiger partial charge is 0.234 e. The summed E-state index contributed by atoms with van der Waals surface area (Å²) in [7, 11) is 1.58. The minimum atomic E-state index is -0.948. The summed E-state index contributed by atoms with van der Waals surface area (Å²) in [6.07, 6.45) is 2.25. The number of carbonyl (C=O) groups is 4. The average molecular weight is 619 g/mol. The fraction of sp³-hybridized carbons (Fsp3) is 0.500. The van der Waals surface area contributed by atoms with Crippen molar-refractivity contribution in [3.05, 3.63) is 64.7 Å². The number of nitrogens with zero attached hydrogens (tertiary/aromatic N) is 2. The van der Waals surface area contributed by atoms with Crippen LogP contribution in [0.2, 0.25) is 0 Å². The Hall–Kier alpha value is -3.93. The maximum atomic E-state index is 13.9. The van der Waals surface area contributed by atoms with Crippen molar-refractivity contribution < 1.29 is 33.4 Å². The molecule has 0 unspecified atom stereocenters. The number of Topliss-reactive ketones (excluding diaryl/α,β-unsaturated/α-hetero) is 2. The lowest BCUT2D eigenvalue weighted by atomic mass is 9.89. The van der Waals surface area contributed by atoms with Crippen LogP contribution in [0.25, 0.3) is 0 Å². The molecule has 3 heterocycles. The van der Waals surface area contributed by atoms with Gasteiger partial charge in [-0.15, -0.1) is 0 Å². The minimum absolute atomic E-state index is 0.110. The number of hydrogen-bond donors (Lipinski definition) is 2. The Kier molecular flexibility index (Phi) is 10.4. The summed E-state index contributed by atoms with van der Waals surface area (Å²) in [6, 6.07) is 11.6. The average Bonchev–Trinajstić information content (AvgIpc) is 3.62. The molecule has 5 rings (SSSR count). The van der Waals surface area contributed by atoms with E-state index >= 15 is 0 Å². The topological polar surface area (TPSA) is 139 Å². The molecule has 3 aliphatic rings. The number of methoxy groups -OCH3 is 1. The van der Waals surface area contributed by atoms with Gasteiger partial charge in [-0.25, -0.2) is 0 Å². The number of ether oxygens (including phenoxy) is 3. The van der Waals surface area contributed by atoms with Crippen molar-refractivity contribution in [1.82, 2.24) is 15.5 Å². The second-order valence-corrected chi connectivity index (χ2v) is 12.2. The molecule has 11 heteroatoms. The number of fused-ring (bicyclic) bond motifs is 1. The first-order valence-corrected chi connectivity index (χ1v) is 15.5. The Bertz CT molecular complexity index is 1430. The van der Waals surface area contributed by atoms with E-state index in [1.54, 1.807) is 33.1 Å². The van der Waals surface area contributed by atoms with E-state index < -0.39 is 29.5 Å². The number of aliphatic imine (C=N–C) groups is 1. The van der Waals surface area contributed by atoms with Crippen molar-refractivity contribution >= 4 is 29.6 Å². The number of epoxide rings is 1. The van der Waals surface area contributed by atoms with Crippen LogP contribution in [0.1, 0.15) is 42.5 Å². The van der Waals surface area contributed by atoms with Crippen LogP contribution < -0.4 is 15.4 Å². The number of nitrogens with one attached hydrogen (secondary N) is 2. The van der Waals surface area contributed by atoms with Crippen molar-refractivity contribution in [2.45, 2.75) is 57.3 Å². The molecule has 0 saturated carbocycles. The van der Waals surface area contributed by atoms with Gasteiger partial charge in [0.25, 0.3) is 0 Å². The fourth-order valence-electron chi connectivity index (χ4n) is 5.68. The Labute approximate surface area is 263 Å². The lowest BCUT2D eigenvalue weighted by molar-refractivity contribution is -0.134. The van der Waals surface area contributed by atoms with Gasteiger partial charge in [0.05, 0.1) is 52.1 Å². The van der Waals surface area contributed by atoms with Crippen LogP contribution in [-0.2, 0) is 48.0 Å². The van der Waals surface area contributed by atoms with Crippen molar-refractivity contribution in [3.8, 4) is 5.75 Å². The second-order valence-electron chi connectivity index (χ2n) is 12.2. The van der Waals surface area contributed by atoms with Crippen molar-refractivity contribution in [2.75, 3.05) is 46.6 Å². The van der Waals surface area contributed by atoms with E-state index in [-0.39, 0.29) is 43.3 Å². The first-order chi connectivity index (χ1) is 21.6. The quantitative estimate of drug-likeness (QED) is 0.288. The summed E-state index contributed by atoms with van der Waals surface area (Å²) in [5, 5.41) is 5.77. The highest BCUT2D eigenvalue weighted by atomic mass is 16.6. The van der Waals surface area contributed by atoms with Gasteiger partial charge in [0.2, 0.25) is 11.8 Å². The summed E-state index contributed by atoms with van der Waals surface area (Å²) in [6.45, 7) is 6.92. The molecular weight excluding hydrogens is 576 g/mol. The Balaban J connectivity index is 1.30. The van der Waals surface area contributed by atoms with Gasteiger partial charge in [-0.2, -0.15) is 0 Å². The van der Waals surface area contributed by atoms with E-state index in [2.05, 4.69) is 15.6 Å². The molecule has 2 aromatic rings. The van der Waals surface area contributed by atoms with E-state index in [1.165, 1.54) is 0 Å². The number of rotatable bonds is 15. The van der Waals surface area contributed by atoms with Gasteiger partial charge in [0.15, 0.2) is 11.6 Å². The number of carbonyl (C=O) groups excluding carboxylic acids is 4. The van der Waals surface area contributed by atoms with Crippen molar-refractivity contribution in [3.63, 3.8) is 0 Å². The largest absolute Gasteiger partial charge is 0.497 e. The standard InChI is InChI=1S/C34H42N4O7/c1-22(36-31(40)20-38-10-12-44-13-11-38)30(39)17-26(14-23-5-8-28(43-3)9-6-23)33(42)37-29(32(41)34(2)21-45-34)16-24-4-7-25-18-35-19-27(25)15-24/h4-9,15,19,22,26,29H,10-14,16-18,20-21H2,1-3H3,(H,36,40)(H,37,42)/t22-,26+,29-,34+/m0/s1. The molecule has 240 valence electrons. The SMILES string of the molecule is COc1ccc(C[C@H](CC(=O)[C@H](C)NC(=O)CN2CCOCC2)C(=O)N[C@@H](Cc2ccc3c(c2)C=NC3)C(=O)[C@@]2(C)CO2)cc1. The molecule has 0 radical (unpaired) electrons. The predicted molar refractivity (Wildman–Crippen MR) is 167 cm³/mol. The van der Waals surface area contributed by atoms with Crippen LogP contribution in [0, 0.1) is 5.92 Å². The third-order valence-corrected chi connectivity index (χ3v) is 8.66. The van der Waals surface area contributed by atoms with Gasteiger partial charge in [0, 0.05) is 31.6 Å². The van der Waals surface area contributed by atoms with Crippen LogP contribution in [-0.4, -0.2) is 98.7 Å². The lowest BCUT2D eigenvalue weighted by Crippen LogP contribution is -2.50. The van der Waals surface area contributed by atoms with Gasteiger partial charge in [-0.3, -0.25) is 29.1 Å². The highest BCUT2D eigenvalue weighted by Gasteiger charge is 2.50. The molecule has 2 amide bonds. The monoisotopic (exact) mass is 618 g/mol. The first kappa shape index (κ1) is 32.5. The zero-order valence-corrected chi connectivity index (χ0v) is 26.2. The molecule has 0 aliphatic carbocycles. The summed E-state index contributed by atoms with van der Waals surface area (Å²) in [5.74, 6) is -1.23. The zero-order valence-electron chi connectivity index (χ0n) is 26.2. The molecular formula is C34H42N4O7. The van der Waals surface area contributed by atoms with Crippen LogP contribution >= 0.6 is 0 Å². The summed E-state index contributed by atoms with van der Waals surface area (Å²) in [5.41, 5.74) is 2.91. The molecule has 45 heavy (non-hydrogen) atoms. The maximum Gasteiger partial charge on any atom is 0.234 e. The Morgan fingerprint density at radius 3 is 2.42 bits per heavy atom. The van der Waals surface area contributed by atoms with Gasteiger partial charge in [-0.05, 0) is 67.1 Å². The fourth-order valence-corrected chi connectivity index (χ4v) is 5.68. The van der Waals surface area contributed by atoms with Crippen molar-refractivity contribution in [2.24, 2.45) is 10.9 Å². The molecule has 0 bridgehead atoms. The molecule has 0 spiro atoms. The molecule has 2 N–H and O–H groups in total. The minimum Gasteiger partial charge on any atom is -0.497 e. The van der Waals surface area contributed by atoms with Crippen LogP contribution in [0.15, 0.2) is 47.5 Å². The molecule has 3 aliphatic heterocycles. The van der Waals surface area contributed by atoms with Crippen LogP contribution in [0.4, 0.5) is 0 Å². The third-order valence-electron chi connectivity index (χ3n) is 8.66. The molecule has 2 fully saturated rings. The van der Waals surface area contributed by atoms with Crippen LogP contribution in [0.5, 0.6) is 5.75 Å². The molecule has 2 saturated heterocycles. The summed E-state index contributed by atoms with van der Waals surface area (Å²) < 4.78 is 16.1. The number of morpholine rings is 1. The number of amides is 2. The highest BCUT2D eigenvalue weighted by molar-refractivity contribution is 5.98. The molecule has 0 aromatic heterocycles. The van der Waals surface area contributed by atoms with E-state index in [1.807, 2.05) is 41.4 Å². The van der Waals surface area contributed by atoms with Crippen molar-refractivity contribution in [1.29, 1.82) is 0 Å². The summed E-state index contributed by atoms with van der Waals surface area (Å²) >= 11 is 0. The number of ketones is 2. The van der Waals surface area contributed by atoms with Gasteiger partial charge in [0.1, 0.15) is 11.4 Å². The van der Waals surface area contributed by atoms with E-state index in [4.69, 9.17) is 14.2 Å². The van der Waals surface area contributed by atoms with E-state index in [0.29, 0.717) is 45.2 Å². The summed E-state index contributed by atoms with van der Waals surface area (Å²) in [4.78, 5) is 59.9. The lowest BCUT2D eigenvalue weighted by Gasteiger charge is -2.27. The normalized spacial score (nSPS) is 20.9. The molecule has 4 atom stereocenters. The van der Waals surface area contributed by atoms with Gasteiger partial charge >= 0.3 is 0 Å². The Morgan fingerprint density at radius 2 is 1.73 bits per heavy atom. The van der Waals surface area contributed by atoms with E-state index in [0.717, 1.165) is 22.3 Å².